The van der Waals surface area contributed by atoms with Crippen LogP contribution in [0, 0.1) is 13.8 Å². The monoisotopic (exact) mass is 339 g/mol. The molecule has 0 atom stereocenters. The van der Waals surface area contributed by atoms with Gasteiger partial charge in [0, 0.05) is 10.2 Å². The Kier molecular flexibility index (Phi) is 4.31. The van der Waals surface area contributed by atoms with Crippen LogP contribution in [0.1, 0.15) is 33.4 Å². The molecular weight excluding hydrogens is 326 g/mol. The molecule has 1 aromatic carbocycles. The SMILES string of the molecule is CCc1nnsc1C(=O)Nc1c(C)cc(Br)cc1C. The molecule has 0 aliphatic carbocycles. The Bertz CT molecular complexity index is 601. The van der Waals surface area contributed by atoms with Crippen LogP contribution in [0.2, 0.25) is 0 Å². The van der Waals surface area contributed by atoms with E-state index in [-0.39, 0.29) is 5.91 Å². The summed E-state index contributed by atoms with van der Waals surface area (Å²) in [5.74, 6) is -0.139. The Hall–Kier alpha value is -1.27. The van der Waals surface area contributed by atoms with Crippen molar-refractivity contribution in [3.8, 4) is 0 Å². The maximum Gasteiger partial charge on any atom is 0.269 e. The van der Waals surface area contributed by atoms with Crippen LogP contribution in [0.15, 0.2) is 16.6 Å². The number of benzene rings is 1. The Balaban J connectivity index is 2.29. The molecule has 1 N–H and O–H groups in total. The third-order valence-corrected chi connectivity index (χ3v) is 4.06. The van der Waals surface area contributed by atoms with Gasteiger partial charge in [-0.25, -0.2) is 0 Å². The average molecular weight is 340 g/mol. The zero-order valence-electron chi connectivity index (χ0n) is 11.0. The Morgan fingerprint density at radius 3 is 2.58 bits per heavy atom. The van der Waals surface area contributed by atoms with Crippen LogP contribution in [0.3, 0.4) is 0 Å². The molecule has 0 fully saturated rings. The molecular formula is C13H14BrN3OS. The van der Waals surface area contributed by atoms with Crippen molar-refractivity contribution in [3.05, 3.63) is 38.3 Å². The van der Waals surface area contributed by atoms with Crippen LogP contribution in [0.25, 0.3) is 0 Å². The highest BCUT2D eigenvalue weighted by molar-refractivity contribution is 9.10. The molecule has 0 radical (unpaired) electrons. The normalized spacial score (nSPS) is 10.5. The van der Waals surface area contributed by atoms with E-state index in [2.05, 4.69) is 30.8 Å². The van der Waals surface area contributed by atoms with Crippen molar-refractivity contribution in [3.63, 3.8) is 0 Å². The van der Waals surface area contributed by atoms with Gasteiger partial charge < -0.3 is 5.32 Å². The van der Waals surface area contributed by atoms with Crippen molar-refractivity contribution in [2.75, 3.05) is 5.32 Å². The first-order valence-electron chi connectivity index (χ1n) is 5.92. The summed E-state index contributed by atoms with van der Waals surface area (Å²) in [4.78, 5) is 12.8. The maximum absolute atomic E-state index is 12.3. The van der Waals surface area contributed by atoms with Gasteiger partial charge in [-0.3, -0.25) is 4.79 Å². The van der Waals surface area contributed by atoms with Gasteiger partial charge in [0.25, 0.3) is 5.91 Å². The first kappa shape index (κ1) is 14.1. The highest BCUT2D eigenvalue weighted by Crippen LogP contribution is 2.26. The number of carbonyl (C=O) groups is 1. The molecule has 2 aromatic rings. The molecule has 0 aliphatic rings. The van der Waals surface area contributed by atoms with Crippen molar-refractivity contribution in [1.29, 1.82) is 0 Å². The summed E-state index contributed by atoms with van der Waals surface area (Å²) in [6, 6.07) is 3.96. The van der Waals surface area contributed by atoms with Gasteiger partial charge in [-0.15, -0.1) is 5.10 Å². The number of anilines is 1. The molecule has 19 heavy (non-hydrogen) atoms. The maximum atomic E-state index is 12.3. The van der Waals surface area contributed by atoms with Crippen LogP contribution >= 0.6 is 27.5 Å². The zero-order valence-corrected chi connectivity index (χ0v) is 13.4. The van der Waals surface area contributed by atoms with Gasteiger partial charge in [0.15, 0.2) is 0 Å². The Morgan fingerprint density at radius 2 is 2.00 bits per heavy atom. The summed E-state index contributed by atoms with van der Waals surface area (Å²) < 4.78 is 4.85. The minimum atomic E-state index is -0.139. The van der Waals surface area contributed by atoms with Gasteiger partial charge >= 0.3 is 0 Å². The standard InChI is InChI=1S/C13H14BrN3OS/c1-4-10-12(19-17-16-10)13(18)15-11-7(2)5-9(14)6-8(11)3/h5-6H,4H2,1-3H3,(H,15,18). The smallest absolute Gasteiger partial charge is 0.269 e. The number of aromatic nitrogens is 2. The molecule has 6 heteroatoms. The second-order valence-corrected chi connectivity index (χ2v) is 5.94. The van der Waals surface area contributed by atoms with E-state index in [1.807, 2.05) is 32.9 Å². The topological polar surface area (TPSA) is 54.9 Å². The lowest BCUT2D eigenvalue weighted by Gasteiger charge is -2.11. The van der Waals surface area contributed by atoms with Gasteiger partial charge in [-0.1, -0.05) is 27.3 Å². The van der Waals surface area contributed by atoms with Gasteiger partial charge in [0.2, 0.25) is 0 Å². The van der Waals surface area contributed by atoms with E-state index in [0.717, 1.165) is 38.5 Å². The molecule has 1 heterocycles. The second-order valence-electron chi connectivity index (χ2n) is 4.27. The lowest BCUT2D eigenvalue weighted by atomic mass is 10.1. The van der Waals surface area contributed by atoms with E-state index >= 15 is 0 Å². The molecule has 4 nitrogen and oxygen atoms in total. The number of carbonyl (C=O) groups excluding carboxylic acids is 1. The quantitative estimate of drug-likeness (QED) is 0.926. The van der Waals surface area contributed by atoms with Crippen LogP contribution < -0.4 is 5.32 Å². The number of nitrogens with one attached hydrogen (secondary N) is 1. The zero-order chi connectivity index (χ0) is 14.0. The molecule has 1 aromatic heterocycles. The second kappa shape index (κ2) is 5.79. The molecule has 0 bridgehead atoms. The van der Waals surface area contributed by atoms with E-state index in [9.17, 15) is 4.79 Å². The van der Waals surface area contributed by atoms with E-state index in [4.69, 9.17) is 0 Å². The highest BCUT2D eigenvalue weighted by atomic mass is 79.9. The average Bonchev–Trinajstić information content (AvgIpc) is 2.81. The van der Waals surface area contributed by atoms with Gasteiger partial charge in [0.1, 0.15) is 4.88 Å². The van der Waals surface area contributed by atoms with Crippen LogP contribution in [-0.4, -0.2) is 15.5 Å². The summed E-state index contributed by atoms with van der Waals surface area (Å²) in [5, 5.41) is 6.91. The predicted molar refractivity (Wildman–Crippen MR) is 80.9 cm³/mol. The molecule has 0 unspecified atom stereocenters. The van der Waals surface area contributed by atoms with Crippen LogP contribution in [-0.2, 0) is 6.42 Å². The van der Waals surface area contributed by atoms with E-state index in [1.54, 1.807) is 0 Å². The number of amides is 1. The number of nitrogens with zero attached hydrogens (tertiary/aromatic N) is 2. The van der Waals surface area contributed by atoms with Crippen molar-refractivity contribution in [2.45, 2.75) is 27.2 Å². The fourth-order valence-corrected chi connectivity index (χ4v) is 3.22. The lowest BCUT2D eigenvalue weighted by molar-refractivity contribution is 0.102. The minimum Gasteiger partial charge on any atom is -0.321 e. The third-order valence-electron chi connectivity index (χ3n) is 2.83. The minimum absolute atomic E-state index is 0.139. The summed E-state index contributed by atoms with van der Waals surface area (Å²) in [7, 11) is 0. The third kappa shape index (κ3) is 3.01. The van der Waals surface area contributed by atoms with Crippen molar-refractivity contribution < 1.29 is 4.79 Å². The number of hydrogen-bond acceptors (Lipinski definition) is 4. The summed E-state index contributed by atoms with van der Waals surface area (Å²) in [6.45, 7) is 5.90. The molecule has 2 rings (SSSR count). The summed E-state index contributed by atoms with van der Waals surface area (Å²) in [6.07, 6.45) is 0.706. The molecule has 0 saturated heterocycles. The molecule has 1 amide bonds. The van der Waals surface area contributed by atoms with E-state index in [0.29, 0.717) is 11.3 Å². The summed E-state index contributed by atoms with van der Waals surface area (Å²) >= 11 is 4.58. The lowest BCUT2D eigenvalue weighted by Crippen LogP contribution is -2.14. The number of aryl methyl sites for hydroxylation is 3. The largest absolute Gasteiger partial charge is 0.321 e. The first-order chi connectivity index (χ1) is 9.02. The fraction of sp³-hybridized carbons (Fsp3) is 0.308. The molecule has 0 saturated carbocycles. The number of rotatable bonds is 3. The van der Waals surface area contributed by atoms with Crippen LogP contribution in [0.5, 0.6) is 0 Å². The predicted octanol–water partition coefficient (Wildman–Crippen LogP) is 3.73. The van der Waals surface area contributed by atoms with Crippen molar-refractivity contribution in [2.24, 2.45) is 0 Å². The molecule has 100 valence electrons. The van der Waals surface area contributed by atoms with Gasteiger partial charge in [-0.2, -0.15) is 0 Å². The van der Waals surface area contributed by atoms with Gasteiger partial charge in [-0.05, 0) is 55.1 Å². The fourth-order valence-electron chi connectivity index (χ4n) is 1.89. The Morgan fingerprint density at radius 1 is 1.37 bits per heavy atom. The van der Waals surface area contributed by atoms with Crippen molar-refractivity contribution in [1.82, 2.24) is 9.59 Å². The molecule has 0 aliphatic heterocycles. The molecule has 0 spiro atoms. The highest BCUT2D eigenvalue weighted by Gasteiger charge is 2.16. The van der Waals surface area contributed by atoms with Gasteiger partial charge in [0.05, 0.1) is 5.69 Å². The number of hydrogen-bond donors (Lipinski definition) is 1. The Labute approximate surface area is 124 Å². The van der Waals surface area contributed by atoms with E-state index in [1.165, 1.54) is 0 Å². The first-order valence-corrected chi connectivity index (χ1v) is 7.49. The van der Waals surface area contributed by atoms with Crippen molar-refractivity contribution >= 4 is 39.1 Å². The van der Waals surface area contributed by atoms with Crippen LogP contribution in [0.4, 0.5) is 5.69 Å². The summed E-state index contributed by atoms with van der Waals surface area (Å²) in [5.41, 5.74) is 3.64. The van der Waals surface area contributed by atoms with E-state index < -0.39 is 0 Å². The number of halogens is 1.